The summed E-state index contributed by atoms with van der Waals surface area (Å²) in [4.78, 5) is 0. The van der Waals surface area contributed by atoms with Crippen LogP contribution in [0, 0.1) is 0 Å². The molecular formula is C44H30O. The molecule has 1 heterocycles. The van der Waals surface area contributed by atoms with Crippen molar-refractivity contribution in [1.29, 1.82) is 0 Å². The second-order valence-corrected chi connectivity index (χ2v) is 13.2. The van der Waals surface area contributed by atoms with Gasteiger partial charge in [-0.15, -0.1) is 0 Å². The molecule has 1 aliphatic heterocycles. The van der Waals surface area contributed by atoms with E-state index in [1.165, 1.54) is 72.1 Å². The Balaban J connectivity index is 1.38. The smallest absolute Gasteiger partial charge is 0.140 e. The average Bonchev–Trinajstić information content (AvgIpc) is 3.51. The van der Waals surface area contributed by atoms with Gasteiger partial charge in [-0.25, -0.2) is 0 Å². The number of hydrogen-bond acceptors (Lipinski definition) is 1. The van der Waals surface area contributed by atoms with E-state index in [2.05, 4.69) is 159 Å². The zero-order valence-electron chi connectivity index (χ0n) is 25.3. The van der Waals surface area contributed by atoms with Crippen molar-refractivity contribution >= 4 is 10.8 Å². The van der Waals surface area contributed by atoms with Gasteiger partial charge in [0.1, 0.15) is 11.5 Å². The molecule has 0 bridgehead atoms. The van der Waals surface area contributed by atoms with Crippen LogP contribution in [0.15, 0.2) is 146 Å². The lowest BCUT2D eigenvalue weighted by molar-refractivity contribution is 0.442. The first-order valence-electron chi connectivity index (χ1n) is 15.9. The lowest BCUT2D eigenvalue weighted by Gasteiger charge is -2.40. The number of hydrogen-bond donors (Lipinski definition) is 0. The molecule has 0 amide bonds. The van der Waals surface area contributed by atoms with Crippen molar-refractivity contribution in [2.75, 3.05) is 0 Å². The van der Waals surface area contributed by atoms with E-state index in [-0.39, 0.29) is 5.41 Å². The second-order valence-electron chi connectivity index (χ2n) is 13.2. The van der Waals surface area contributed by atoms with E-state index in [1.807, 2.05) is 0 Å². The lowest BCUT2D eigenvalue weighted by Crippen LogP contribution is -2.32. The maximum Gasteiger partial charge on any atom is 0.140 e. The average molecular weight is 575 g/mol. The Morgan fingerprint density at radius 1 is 0.400 bits per heavy atom. The Morgan fingerprint density at radius 3 is 1.58 bits per heavy atom. The minimum absolute atomic E-state index is 0.132. The molecule has 1 nitrogen and oxygen atoms in total. The molecule has 0 aromatic heterocycles. The zero-order valence-corrected chi connectivity index (χ0v) is 25.3. The third kappa shape index (κ3) is 2.99. The fourth-order valence-corrected chi connectivity index (χ4v) is 8.97. The molecule has 0 unspecified atom stereocenters. The van der Waals surface area contributed by atoms with Crippen LogP contribution in [0.4, 0.5) is 0 Å². The molecular weight excluding hydrogens is 544 g/mol. The molecule has 3 aliphatic rings. The number of rotatable bonds is 1. The molecule has 0 radical (unpaired) electrons. The van der Waals surface area contributed by atoms with E-state index in [1.54, 1.807) is 0 Å². The van der Waals surface area contributed by atoms with Crippen LogP contribution in [-0.4, -0.2) is 0 Å². The molecule has 0 N–H and O–H groups in total. The summed E-state index contributed by atoms with van der Waals surface area (Å²) in [5, 5.41) is 2.36. The molecule has 1 spiro atoms. The molecule has 0 fully saturated rings. The van der Waals surface area contributed by atoms with Crippen LogP contribution in [-0.2, 0) is 10.8 Å². The minimum Gasteiger partial charge on any atom is -0.456 e. The van der Waals surface area contributed by atoms with Crippen molar-refractivity contribution in [3.05, 3.63) is 179 Å². The highest BCUT2D eigenvalue weighted by molar-refractivity contribution is 6.05. The van der Waals surface area contributed by atoms with Gasteiger partial charge in [-0.2, -0.15) is 0 Å². The van der Waals surface area contributed by atoms with E-state index < -0.39 is 5.41 Å². The van der Waals surface area contributed by atoms with Crippen molar-refractivity contribution < 1.29 is 4.74 Å². The van der Waals surface area contributed by atoms with E-state index >= 15 is 0 Å². The first-order chi connectivity index (χ1) is 22.1. The molecule has 212 valence electrons. The van der Waals surface area contributed by atoms with Crippen LogP contribution in [0.3, 0.4) is 0 Å². The van der Waals surface area contributed by atoms with Crippen molar-refractivity contribution in [3.63, 3.8) is 0 Å². The van der Waals surface area contributed by atoms with Crippen molar-refractivity contribution in [1.82, 2.24) is 0 Å². The van der Waals surface area contributed by atoms with E-state index in [0.29, 0.717) is 0 Å². The number of benzene rings is 7. The standard InChI is InChI=1S/C44H30O/c1-43(2)35-21-8-5-17-30(35)31-19-13-20-32(41(31)43)34-26-39-42(33-18-4-3-14-27(33)34)45-40-25-12-11-24-38(40)44(39)36-22-9-6-15-28(36)29-16-7-10-23-37(29)44/h3-26H,1-2H3. The first-order valence-corrected chi connectivity index (χ1v) is 15.9. The van der Waals surface area contributed by atoms with E-state index in [4.69, 9.17) is 4.74 Å². The van der Waals surface area contributed by atoms with Gasteiger partial charge in [-0.05, 0) is 73.2 Å². The summed E-state index contributed by atoms with van der Waals surface area (Å²) in [6, 6.07) is 53.7. The normalized spacial score (nSPS) is 15.4. The van der Waals surface area contributed by atoms with Gasteiger partial charge in [0.25, 0.3) is 0 Å². The summed E-state index contributed by atoms with van der Waals surface area (Å²) in [5.41, 5.74) is 15.0. The highest BCUT2D eigenvalue weighted by Gasteiger charge is 2.51. The Labute approximate surface area is 263 Å². The summed E-state index contributed by atoms with van der Waals surface area (Å²) in [6.45, 7) is 4.76. The maximum atomic E-state index is 6.98. The quantitative estimate of drug-likeness (QED) is 0.189. The predicted molar refractivity (Wildman–Crippen MR) is 184 cm³/mol. The van der Waals surface area contributed by atoms with Gasteiger partial charge in [0.05, 0.1) is 5.41 Å². The van der Waals surface area contributed by atoms with Crippen molar-refractivity contribution in [2.24, 2.45) is 0 Å². The monoisotopic (exact) mass is 574 g/mol. The van der Waals surface area contributed by atoms with Crippen LogP contribution in [0.5, 0.6) is 11.5 Å². The van der Waals surface area contributed by atoms with E-state index in [9.17, 15) is 0 Å². The molecule has 1 heteroatoms. The van der Waals surface area contributed by atoms with Gasteiger partial charge >= 0.3 is 0 Å². The third-order valence-corrected chi connectivity index (χ3v) is 10.7. The predicted octanol–water partition coefficient (Wildman–Crippen LogP) is 11.3. The van der Waals surface area contributed by atoms with Crippen LogP contribution in [0.25, 0.3) is 44.2 Å². The minimum atomic E-state index is -0.507. The molecule has 10 rings (SSSR count). The molecule has 0 atom stereocenters. The molecule has 2 aliphatic carbocycles. The van der Waals surface area contributed by atoms with Crippen LogP contribution < -0.4 is 4.74 Å². The van der Waals surface area contributed by atoms with Crippen LogP contribution in [0.2, 0.25) is 0 Å². The maximum absolute atomic E-state index is 6.98. The summed E-state index contributed by atoms with van der Waals surface area (Å²) >= 11 is 0. The van der Waals surface area contributed by atoms with Crippen molar-refractivity contribution in [2.45, 2.75) is 24.7 Å². The van der Waals surface area contributed by atoms with Gasteiger partial charge in [-0.1, -0.05) is 147 Å². The Bertz CT molecular complexity index is 2340. The Hall–Kier alpha value is -5.40. The fourth-order valence-electron chi connectivity index (χ4n) is 8.97. The van der Waals surface area contributed by atoms with Gasteiger partial charge in [0.15, 0.2) is 0 Å². The van der Waals surface area contributed by atoms with Gasteiger partial charge in [0, 0.05) is 21.9 Å². The van der Waals surface area contributed by atoms with Gasteiger partial charge in [0.2, 0.25) is 0 Å². The Morgan fingerprint density at radius 2 is 0.889 bits per heavy atom. The summed E-state index contributed by atoms with van der Waals surface area (Å²) in [7, 11) is 0. The second kappa shape index (κ2) is 8.61. The number of fused-ring (bicyclic) bond motifs is 14. The highest BCUT2D eigenvalue weighted by Crippen LogP contribution is 2.64. The first kappa shape index (κ1) is 25.0. The van der Waals surface area contributed by atoms with E-state index in [0.717, 1.165) is 16.9 Å². The zero-order chi connectivity index (χ0) is 29.9. The largest absolute Gasteiger partial charge is 0.456 e. The lowest BCUT2D eigenvalue weighted by atomic mass is 9.65. The molecule has 7 aromatic rings. The molecule has 7 aromatic carbocycles. The van der Waals surface area contributed by atoms with Gasteiger partial charge < -0.3 is 4.74 Å². The molecule has 0 saturated carbocycles. The number of para-hydroxylation sites is 1. The summed E-state index contributed by atoms with van der Waals surface area (Å²) in [5.74, 6) is 1.88. The summed E-state index contributed by atoms with van der Waals surface area (Å²) < 4.78 is 6.98. The van der Waals surface area contributed by atoms with Crippen molar-refractivity contribution in [3.8, 4) is 44.9 Å². The summed E-state index contributed by atoms with van der Waals surface area (Å²) in [6.07, 6.45) is 0. The van der Waals surface area contributed by atoms with Crippen LogP contribution >= 0.6 is 0 Å². The van der Waals surface area contributed by atoms with Crippen LogP contribution in [0.1, 0.15) is 47.2 Å². The molecule has 45 heavy (non-hydrogen) atoms. The highest BCUT2D eigenvalue weighted by atomic mass is 16.5. The topological polar surface area (TPSA) is 9.23 Å². The third-order valence-electron chi connectivity index (χ3n) is 10.7. The van der Waals surface area contributed by atoms with Gasteiger partial charge in [-0.3, -0.25) is 0 Å². The SMILES string of the molecule is CC1(C)c2ccccc2-c2cccc(-c3cc4c(c5ccccc35)Oc3ccccc3C43c4ccccc4-c4ccccc43)c21. The molecule has 0 saturated heterocycles. The fraction of sp³-hybridized carbons (Fsp3) is 0.0909. The number of ether oxygens (including phenoxy) is 1. The Kier molecular flexibility index (Phi) is 4.78.